The quantitative estimate of drug-likeness (QED) is 0.637. The fourth-order valence-corrected chi connectivity index (χ4v) is 2.24. The maximum atomic E-state index is 11.9. The highest BCUT2D eigenvalue weighted by atomic mass is 16.5. The first-order chi connectivity index (χ1) is 12.7. The van der Waals surface area contributed by atoms with Crippen LogP contribution in [0.5, 0.6) is 11.5 Å². The highest BCUT2D eigenvalue weighted by Gasteiger charge is 2.10. The molecule has 0 fully saturated rings. The van der Waals surface area contributed by atoms with Crippen LogP contribution in [-0.4, -0.2) is 11.8 Å². The number of rotatable bonds is 7. The molecule has 0 radical (unpaired) electrons. The average Bonchev–Trinajstić information content (AvgIpc) is 3.16. The largest absolute Gasteiger partial charge is 0.467 e. The van der Waals surface area contributed by atoms with E-state index in [0.29, 0.717) is 17.2 Å². The van der Waals surface area contributed by atoms with Crippen molar-refractivity contribution >= 4 is 17.5 Å². The van der Waals surface area contributed by atoms with Crippen molar-refractivity contribution in [3.63, 3.8) is 0 Å². The second kappa shape index (κ2) is 8.53. The van der Waals surface area contributed by atoms with Gasteiger partial charge in [-0.25, -0.2) is 0 Å². The number of carbonyl (C=O) groups is 2. The smallest absolute Gasteiger partial charge is 0.233 e. The molecule has 0 spiro atoms. The zero-order chi connectivity index (χ0) is 18.2. The summed E-state index contributed by atoms with van der Waals surface area (Å²) in [4.78, 5) is 23.7. The minimum Gasteiger partial charge on any atom is -0.467 e. The maximum absolute atomic E-state index is 11.9. The van der Waals surface area contributed by atoms with Gasteiger partial charge in [0.25, 0.3) is 0 Å². The molecule has 0 aliphatic heterocycles. The maximum Gasteiger partial charge on any atom is 0.233 e. The van der Waals surface area contributed by atoms with Gasteiger partial charge in [0.1, 0.15) is 23.7 Å². The summed E-state index contributed by atoms with van der Waals surface area (Å²) in [7, 11) is 0. The molecule has 6 nitrogen and oxygen atoms in total. The van der Waals surface area contributed by atoms with E-state index < -0.39 is 5.91 Å². The van der Waals surface area contributed by atoms with E-state index in [2.05, 4.69) is 10.6 Å². The van der Waals surface area contributed by atoms with Gasteiger partial charge in [-0.1, -0.05) is 18.2 Å². The van der Waals surface area contributed by atoms with Crippen molar-refractivity contribution in [2.45, 2.75) is 13.0 Å². The van der Waals surface area contributed by atoms with E-state index in [1.54, 1.807) is 36.4 Å². The molecule has 3 aromatic rings. The Morgan fingerprint density at radius 1 is 0.846 bits per heavy atom. The van der Waals surface area contributed by atoms with Crippen LogP contribution in [0.3, 0.4) is 0 Å². The Morgan fingerprint density at radius 2 is 1.58 bits per heavy atom. The SMILES string of the molecule is O=C(CC(=O)Nc1ccc(Oc2ccccc2)cc1)NCc1ccco1. The van der Waals surface area contributed by atoms with Crippen molar-refractivity contribution in [2.24, 2.45) is 0 Å². The molecule has 2 N–H and O–H groups in total. The number of hydrogen-bond donors (Lipinski definition) is 2. The molecule has 0 aliphatic carbocycles. The summed E-state index contributed by atoms with van der Waals surface area (Å²) in [6, 6.07) is 19.8. The summed E-state index contributed by atoms with van der Waals surface area (Å²) >= 11 is 0. The lowest BCUT2D eigenvalue weighted by Gasteiger charge is -2.08. The van der Waals surface area contributed by atoms with Crippen LogP contribution < -0.4 is 15.4 Å². The van der Waals surface area contributed by atoms with Crippen LogP contribution in [0.4, 0.5) is 5.69 Å². The molecule has 0 saturated carbocycles. The second-order valence-electron chi connectivity index (χ2n) is 5.52. The van der Waals surface area contributed by atoms with E-state index in [9.17, 15) is 9.59 Å². The topological polar surface area (TPSA) is 80.6 Å². The second-order valence-corrected chi connectivity index (χ2v) is 5.52. The van der Waals surface area contributed by atoms with Gasteiger partial charge in [0, 0.05) is 5.69 Å². The average molecular weight is 350 g/mol. The van der Waals surface area contributed by atoms with E-state index in [0.717, 1.165) is 5.75 Å². The van der Waals surface area contributed by atoms with Crippen molar-refractivity contribution in [1.82, 2.24) is 5.32 Å². The Bertz CT molecular complexity index is 843. The van der Waals surface area contributed by atoms with Crippen LogP contribution in [0.2, 0.25) is 0 Å². The number of hydrogen-bond acceptors (Lipinski definition) is 4. The van der Waals surface area contributed by atoms with Crippen LogP contribution in [-0.2, 0) is 16.1 Å². The van der Waals surface area contributed by atoms with E-state index in [1.165, 1.54) is 6.26 Å². The van der Waals surface area contributed by atoms with Gasteiger partial charge in [-0.2, -0.15) is 0 Å². The number of anilines is 1. The Morgan fingerprint density at radius 3 is 2.27 bits per heavy atom. The van der Waals surface area contributed by atoms with Crippen LogP contribution in [0.25, 0.3) is 0 Å². The van der Waals surface area contributed by atoms with Gasteiger partial charge in [-0.15, -0.1) is 0 Å². The highest BCUT2D eigenvalue weighted by molar-refractivity contribution is 6.03. The van der Waals surface area contributed by atoms with Gasteiger partial charge in [-0.3, -0.25) is 9.59 Å². The third-order valence-corrected chi connectivity index (χ3v) is 3.48. The van der Waals surface area contributed by atoms with Crippen molar-refractivity contribution in [2.75, 3.05) is 5.32 Å². The summed E-state index contributed by atoms with van der Waals surface area (Å²) in [5.41, 5.74) is 0.592. The predicted molar refractivity (Wildman–Crippen MR) is 96.8 cm³/mol. The van der Waals surface area contributed by atoms with Gasteiger partial charge in [-0.05, 0) is 48.5 Å². The van der Waals surface area contributed by atoms with E-state index >= 15 is 0 Å². The predicted octanol–water partition coefficient (Wildman–Crippen LogP) is 3.72. The number of para-hydroxylation sites is 1. The lowest BCUT2D eigenvalue weighted by atomic mass is 10.2. The molecule has 26 heavy (non-hydrogen) atoms. The van der Waals surface area contributed by atoms with E-state index in [4.69, 9.17) is 9.15 Å². The minimum atomic E-state index is -0.390. The molecule has 0 aliphatic rings. The van der Waals surface area contributed by atoms with Crippen LogP contribution in [0, 0.1) is 0 Å². The molecular weight excluding hydrogens is 332 g/mol. The zero-order valence-electron chi connectivity index (χ0n) is 14.0. The molecule has 132 valence electrons. The highest BCUT2D eigenvalue weighted by Crippen LogP contribution is 2.22. The van der Waals surface area contributed by atoms with Gasteiger partial charge < -0.3 is 19.8 Å². The molecule has 6 heteroatoms. The Balaban J connectivity index is 1.45. The molecule has 1 aromatic heterocycles. The molecule has 0 atom stereocenters. The lowest BCUT2D eigenvalue weighted by molar-refractivity contribution is -0.127. The fraction of sp³-hybridized carbons (Fsp3) is 0.100. The van der Waals surface area contributed by atoms with Crippen LogP contribution in [0.1, 0.15) is 12.2 Å². The molecule has 2 amide bonds. The van der Waals surface area contributed by atoms with Crippen molar-refractivity contribution in [3.05, 3.63) is 78.8 Å². The minimum absolute atomic E-state index is 0.255. The van der Waals surface area contributed by atoms with Gasteiger partial charge in [0.2, 0.25) is 11.8 Å². The zero-order valence-corrected chi connectivity index (χ0v) is 14.0. The molecule has 0 unspecified atom stereocenters. The van der Waals surface area contributed by atoms with Crippen LogP contribution >= 0.6 is 0 Å². The van der Waals surface area contributed by atoms with Gasteiger partial charge in [0.05, 0.1) is 12.8 Å². The normalized spacial score (nSPS) is 10.2. The molecule has 2 aromatic carbocycles. The van der Waals surface area contributed by atoms with E-state index in [-0.39, 0.29) is 18.9 Å². The van der Waals surface area contributed by atoms with Crippen molar-refractivity contribution in [3.8, 4) is 11.5 Å². The molecular formula is C20H18N2O4. The standard InChI is InChI=1S/C20H18N2O4/c23-19(21-14-18-7-4-12-25-18)13-20(24)22-15-8-10-17(11-9-15)26-16-5-2-1-3-6-16/h1-12H,13-14H2,(H,21,23)(H,22,24). The summed E-state index contributed by atoms with van der Waals surface area (Å²) in [5, 5.41) is 5.30. The first-order valence-corrected chi connectivity index (χ1v) is 8.11. The summed E-state index contributed by atoms with van der Waals surface area (Å²) in [5.74, 6) is 1.26. The van der Waals surface area contributed by atoms with Crippen molar-refractivity contribution in [1.29, 1.82) is 0 Å². The fourth-order valence-electron chi connectivity index (χ4n) is 2.24. The number of benzene rings is 2. The summed E-state index contributed by atoms with van der Waals surface area (Å²) in [6.07, 6.45) is 1.27. The number of nitrogens with one attached hydrogen (secondary N) is 2. The lowest BCUT2D eigenvalue weighted by Crippen LogP contribution is -2.27. The van der Waals surface area contributed by atoms with Crippen LogP contribution in [0.15, 0.2) is 77.4 Å². The summed E-state index contributed by atoms with van der Waals surface area (Å²) in [6.45, 7) is 0.255. The third-order valence-electron chi connectivity index (χ3n) is 3.48. The molecule has 0 saturated heterocycles. The van der Waals surface area contributed by atoms with E-state index in [1.807, 2.05) is 30.3 Å². The first-order valence-electron chi connectivity index (χ1n) is 8.11. The molecule has 3 rings (SSSR count). The number of furan rings is 1. The molecule has 0 bridgehead atoms. The van der Waals surface area contributed by atoms with Crippen molar-refractivity contribution < 1.29 is 18.7 Å². The van der Waals surface area contributed by atoms with Gasteiger partial charge in [0.15, 0.2) is 0 Å². The summed E-state index contributed by atoms with van der Waals surface area (Å²) < 4.78 is 10.8. The third kappa shape index (κ3) is 5.24. The Kier molecular flexibility index (Phi) is 5.67. The monoisotopic (exact) mass is 350 g/mol. The number of amides is 2. The van der Waals surface area contributed by atoms with Gasteiger partial charge >= 0.3 is 0 Å². The first kappa shape index (κ1) is 17.3. The Hall–Kier alpha value is -3.54. The number of carbonyl (C=O) groups excluding carboxylic acids is 2. The molecule has 1 heterocycles. The number of ether oxygens (including phenoxy) is 1. The Labute approximate surface area is 150 Å².